The molecular formula is C22H23N7O2. The normalized spacial score (nSPS) is 18.5. The molecule has 1 aliphatic heterocycles. The number of aryl methyl sites for hydroxylation is 1. The summed E-state index contributed by atoms with van der Waals surface area (Å²) in [5.74, 6) is 0.852. The highest BCUT2D eigenvalue weighted by Crippen LogP contribution is 2.29. The monoisotopic (exact) mass is 417 g/mol. The third-order valence-electron chi connectivity index (χ3n) is 5.48. The third-order valence-corrected chi connectivity index (χ3v) is 5.48. The first-order valence-electron chi connectivity index (χ1n) is 10.4. The smallest absolute Gasteiger partial charge is 0.254 e. The molecule has 9 nitrogen and oxygen atoms in total. The minimum Gasteiger partial charge on any atom is -0.367 e. The predicted octanol–water partition coefficient (Wildman–Crippen LogP) is 2.61. The fourth-order valence-electron chi connectivity index (χ4n) is 3.75. The number of nitrogens with one attached hydrogen (secondary N) is 3. The van der Waals surface area contributed by atoms with Gasteiger partial charge in [-0.3, -0.25) is 19.9 Å². The Labute approximate surface area is 179 Å². The number of rotatable bonds is 6. The molecule has 1 saturated heterocycles. The second-order valence-electron chi connectivity index (χ2n) is 8.08. The maximum Gasteiger partial charge on any atom is 0.254 e. The number of carbonyl (C=O) groups excluding carboxylic acids is 2. The number of anilines is 2. The van der Waals surface area contributed by atoms with Gasteiger partial charge in [0, 0.05) is 29.4 Å². The van der Waals surface area contributed by atoms with Crippen LogP contribution in [0.1, 0.15) is 49.0 Å². The van der Waals surface area contributed by atoms with Crippen molar-refractivity contribution in [2.45, 2.75) is 45.2 Å². The van der Waals surface area contributed by atoms with Gasteiger partial charge in [0.2, 0.25) is 5.91 Å². The van der Waals surface area contributed by atoms with E-state index in [-0.39, 0.29) is 24.3 Å². The number of amides is 2. The van der Waals surface area contributed by atoms with E-state index in [2.05, 4.69) is 26.0 Å². The Kier molecular flexibility index (Phi) is 4.65. The lowest BCUT2D eigenvalue weighted by Gasteiger charge is -2.17. The van der Waals surface area contributed by atoms with Crippen molar-refractivity contribution in [3.63, 3.8) is 0 Å². The zero-order chi connectivity index (χ0) is 21.5. The van der Waals surface area contributed by atoms with E-state index in [0.717, 1.165) is 29.9 Å². The first kappa shape index (κ1) is 19.2. The summed E-state index contributed by atoms with van der Waals surface area (Å²) in [6.45, 7) is 4.08. The van der Waals surface area contributed by atoms with Gasteiger partial charge in [-0.15, -0.1) is 0 Å². The van der Waals surface area contributed by atoms with Crippen LogP contribution in [0.3, 0.4) is 0 Å². The lowest BCUT2D eigenvalue weighted by Crippen LogP contribution is -2.19. The molecule has 31 heavy (non-hydrogen) atoms. The fourth-order valence-corrected chi connectivity index (χ4v) is 3.75. The van der Waals surface area contributed by atoms with Gasteiger partial charge in [0.25, 0.3) is 5.91 Å². The van der Waals surface area contributed by atoms with Crippen LogP contribution in [0.25, 0.3) is 11.7 Å². The van der Waals surface area contributed by atoms with Gasteiger partial charge in [-0.2, -0.15) is 9.61 Å². The molecular weight excluding hydrogens is 394 g/mol. The Morgan fingerprint density at radius 2 is 2.16 bits per heavy atom. The van der Waals surface area contributed by atoms with Crippen molar-refractivity contribution < 1.29 is 9.59 Å². The zero-order valence-electron chi connectivity index (χ0n) is 17.3. The molecule has 0 aromatic carbocycles. The van der Waals surface area contributed by atoms with Gasteiger partial charge < -0.3 is 10.6 Å². The summed E-state index contributed by atoms with van der Waals surface area (Å²) < 4.78 is 1.74. The molecule has 2 fully saturated rings. The standard InChI is InChI=1S/C22H23N7O2/c1-12-4-3-7-23-20(12)13(2)25-17-10-18(26-16-5-6-16)29-21(27-17)15(11-24-29)8-14-9-19(30)28-22(14)31/h3-4,7-8,10-11,13,16,26H,5-6,9H2,1-2H3,(H,25,27)(H,28,30,31)/b14-8+. The van der Waals surface area contributed by atoms with Crippen molar-refractivity contribution in [2.24, 2.45) is 0 Å². The van der Waals surface area contributed by atoms with Gasteiger partial charge in [-0.05, 0) is 44.4 Å². The number of aromatic nitrogens is 4. The largest absolute Gasteiger partial charge is 0.367 e. The van der Waals surface area contributed by atoms with Crippen LogP contribution in [0.5, 0.6) is 0 Å². The average molecular weight is 417 g/mol. The molecule has 0 spiro atoms. The summed E-state index contributed by atoms with van der Waals surface area (Å²) in [4.78, 5) is 32.8. The van der Waals surface area contributed by atoms with E-state index in [4.69, 9.17) is 4.98 Å². The van der Waals surface area contributed by atoms with Crippen LogP contribution >= 0.6 is 0 Å². The zero-order valence-corrected chi connectivity index (χ0v) is 17.3. The molecule has 158 valence electrons. The van der Waals surface area contributed by atoms with Crippen LogP contribution in [-0.4, -0.2) is 37.4 Å². The molecule has 9 heteroatoms. The number of fused-ring (bicyclic) bond motifs is 1. The molecule has 2 amide bonds. The number of nitrogens with zero attached hydrogens (tertiary/aromatic N) is 4. The van der Waals surface area contributed by atoms with Crippen LogP contribution in [0.2, 0.25) is 0 Å². The molecule has 5 rings (SSSR count). The highest BCUT2D eigenvalue weighted by Gasteiger charge is 2.26. The Balaban J connectivity index is 1.54. The maximum atomic E-state index is 12.0. The molecule has 1 atom stereocenters. The second-order valence-corrected chi connectivity index (χ2v) is 8.08. The van der Waals surface area contributed by atoms with Gasteiger partial charge in [-0.25, -0.2) is 4.98 Å². The number of hydrogen-bond acceptors (Lipinski definition) is 7. The number of carbonyl (C=O) groups is 2. The van der Waals surface area contributed by atoms with Crippen LogP contribution in [0, 0.1) is 6.92 Å². The van der Waals surface area contributed by atoms with E-state index in [1.807, 2.05) is 32.0 Å². The van der Waals surface area contributed by atoms with E-state index in [1.54, 1.807) is 23.0 Å². The van der Waals surface area contributed by atoms with Crippen LogP contribution in [-0.2, 0) is 9.59 Å². The van der Waals surface area contributed by atoms with E-state index in [9.17, 15) is 9.59 Å². The van der Waals surface area contributed by atoms with E-state index >= 15 is 0 Å². The molecule has 1 unspecified atom stereocenters. The molecule has 3 aromatic heterocycles. The Morgan fingerprint density at radius 1 is 1.32 bits per heavy atom. The van der Waals surface area contributed by atoms with Gasteiger partial charge >= 0.3 is 0 Å². The molecule has 4 heterocycles. The number of imide groups is 1. The van der Waals surface area contributed by atoms with Crippen LogP contribution in [0.15, 0.2) is 36.2 Å². The molecule has 0 radical (unpaired) electrons. The Bertz CT molecular complexity index is 1230. The van der Waals surface area contributed by atoms with E-state index in [0.29, 0.717) is 28.6 Å². The summed E-state index contributed by atoms with van der Waals surface area (Å²) in [7, 11) is 0. The quantitative estimate of drug-likeness (QED) is 0.417. The minimum absolute atomic E-state index is 0.0483. The van der Waals surface area contributed by atoms with Crippen molar-refractivity contribution >= 4 is 35.2 Å². The lowest BCUT2D eigenvalue weighted by molar-refractivity contribution is -0.124. The molecule has 2 aliphatic rings. The van der Waals surface area contributed by atoms with Crippen molar-refractivity contribution in [1.82, 2.24) is 24.9 Å². The van der Waals surface area contributed by atoms with Gasteiger partial charge in [0.15, 0.2) is 5.65 Å². The van der Waals surface area contributed by atoms with Crippen LogP contribution in [0.4, 0.5) is 11.6 Å². The topological polar surface area (TPSA) is 113 Å². The average Bonchev–Trinajstić information content (AvgIpc) is 3.37. The Hall–Kier alpha value is -3.75. The minimum atomic E-state index is -0.366. The van der Waals surface area contributed by atoms with Crippen molar-refractivity contribution in [1.29, 1.82) is 0 Å². The molecule has 1 saturated carbocycles. The Morgan fingerprint density at radius 3 is 2.87 bits per heavy atom. The summed E-state index contributed by atoms with van der Waals surface area (Å²) in [5, 5.41) is 13.7. The second kappa shape index (κ2) is 7.50. The van der Waals surface area contributed by atoms with Crippen molar-refractivity contribution in [3.8, 4) is 0 Å². The summed E-state index contributed by atoms with van der Waals surface area (Å²) in [5.41, 5.74) is 3.76. The first-order valence-corrected chi connectivity index (χ1v) is 10.4. The summed E-state index contributed by atoms with van der Waals surface area (Å²) in [6.07, 6.45) is 7.45. The molecule has 3 N–H and O–H groups in total. The maximum absolute atomic E-state index is 12.0. The molecule has 3 aromatic rings. The number of hydrogen-bond donors (Lipinski definition) is 3. The number of pyridine rings is 1. The van der Waals surface area contributed by atoms with Crippen molar-refractivity contribution in [3.05, 3.63) is 53.0 Å². The lowest BCUT2D eigenvalue weighted by atomic mass is 10.1. The fraction of sp³-hybridized carbons (Fsp3) is 0.318. The first-order chi connectivity index (χ1) is 15.0. The van der Waals surface area contributed by atoms with Gasteiger partial charge in [-0.1, -0.05) is 6.07 Å². The summed E-state index contributed by atoms with van der Waals surface area (Å²) >= 11 is 0. The van der Waals surface area contributed by atoms with Crippen molar-refractivity contribution in [2.75, 3.05) is 10.6 Å². The van der Waals surface area contributed by atoms with Gasteiger partial charge in [0.05, 0.1) is 24.4 Å². The predicted molar refractivity (Wildman–Crippen MR) is 116 cm³/mol. The van der Waals surface area contributed by atoms with E-state index < -0.39 is 0 Å². The highest BCUT2D eigenvalue weighted by atomic mass is 16.2. The molecule has 1 aliphatic carbocycles. The van der Waals surface area contributed by atoms with Gasteiger partial charge in [0.1, 0.15) is 11.6 Å². The third kappa shape index (κ3) is 3.86. The SMILES string of the molecule is Cc1cccnc1C(C)Nc1cc(NC2CC2)n2ncc(/C=C3\CC(=O)NC3=O)c2n1. The molecule has 0 bridgehead atoms. The van der Waals surface area contributed by atoms with Crippen LogP contribution < -0.4 is 16.0 Å². The highest BCUT2D eigenvalue weighted by molar-refractivity contribution is 6.15. The van der Waals surface area contributed by atoms with E-state index in [1.165, 1.54) is 0 Å². The summed E-state index contributed by atoms with van der Waals surface area (Å²) in [6, 6.07) is 6.28.